The van der Waals surface area contributed by atoms with Crippen LogP contribution < -0.4 is 15.6 Å². The molecule has 0 bridgehead atoms. The molecule has 0 fully saturated rings. The highest BCUT2D eigenvalue weighted by molar-refractivity contribution is 7.11. The molecule has 0 saturated heterocycles. The predicted molar refractivity (Wildman–Crippen MR) is 188 cm³/mol. The Morgan fingerprint density at radius 2 is 1.14 bits per heavy atom. The molecule has 0 radical (unpaired) electrons. The van der Waals surface area contributed by atoms with Gasteiger partial charge >= 0.3 is 0 Å². The van der Waals surface area contributed by atoms with E-state index in [4.69, 9.17) is 0 Å². The van der Waals surface area contributed by atoms with Crippen molar-refractivity contribution in [3.63, 3.8) is 0 Å². The fourth-order valence-electron chi connectivity index (χ4n) is 6.97. The number of aromatic nitrogens is 1. The van der Waals surface area contributed by atoms with Gasteiger partial charge in [0.25, 0.3) is 0 Å². The second-order valence-corrected chi connectivity index (χ2v) is 16.2. The highest BCUT2D eigenvalue weighted by Crippen LogP contribution is 2.39. The number of benzene rings is 6. The Balaban J connectivity index is 1.57. The molecule has 7 aromatic rings. The first-order valence-electron chi connectivity index (χ1n) is 15.4. The Hall–Kier alpha value is -4.66. The van der Waals surface area contributed by atoms with Crippen LogP contribution in [-0.4, -0.2) is 12.6 Å². The monoisotopic (exact) mass is 571 g/mol. The maximum absolute atomic E-state index is 2.52. The first-order chi connectivity index (χ1) is 21.1. The summed E-state index contributed by atoms with van der Waals surface area (Å²) in [6.07, 6.45) is 1.07. The van der Waals surface area contributed by atoms with E-state index in [1.165, 1.54) is 59.7 Å². The number of fused-ring (bicyclic) bond motifs is 3. The molecule has 1 heterocycles. The van der Waals surface area contributed by atoms with Gasteiger partial charge in [0.05, 0.1) is 11.0 Å². The third-order valence-corrected chi connectivity index (χ3v) is 13.5. The molecule has 0 atom stereocenters. The van der Waals surface area contributed by atoms with E-state index >= 15 is 0 Å². The van der Waals surface area contributed by atoms with Crippen LogP contribution in [0.3, 0.4) is 0 Å². The fraction of sp³-hybridized carbons (Fsp3) is 0.122. The minimum Gasteiger partial charge on any atom is -0.309 e. The number of hydrogen-bond donors (Lipinski definition) is 0. The van der Waals surface area contributed by atoms with E-state index in [2.05, 4.69) is 177 Å². The Bertz CT molecular complexity index is 1980. The fourth-order valence-corrected chi connectivity index (χ4v) is 10.8. The molecule has 0 unspecified atom stereocenters. The van der Waals surface area contributed by atoms with Gasteiger partial charge in [0.2, 0.25) is 0 Å². The van der Waals surface area contributed by atoms with Crippen molar-refractivity contribution in [2.75, 3.05) is 0 Å². The zero-order valence-electron chi connectivity index (χ0n) is 25.2. The number of nitrogens with zero attached hydrogens (tertiary/aromatic N) is 1. The highest BCUT2D eigenvalue weighted by atomic mass is 28.3. The molecule has 6 aromatic carbocycles. The predicted octanol–water partition coefficient (Wildman–Crippen LogP) is 8.75. The third kappa shape index (κ3) is 4.72. The van der Waals surface area contributed by atoms with E-state index in [-0.39, 0.29) is 0 Å². The van der Waals surface area contributed by atoms with Crippen LogP contribution in [0, 0.1) is 5.92 Å². The van der Waals surface area contributed by atoms with Crippen molar-refractivity contribution in [3.05, 3.63) is 157 Å². The van der Waals surface area contributed by atoms with Crippen molar-refractivity contribution in [1.82, 2.24) is 4.57 Å². The summed E-state index contributed by atoms with van der Waals surface area (Å²) >= 11 is 0. The van der Waals surface area contributed by atoms with Gasteiger partial charge in [-0.3, -0.25) is 0 Å². The summed E-state index contributed by atoms with van der Waals surface area (Å²) in [6, 6.07) is 56.3. The summed E-state index contributed by atoms with van der Waals surface area (Å²) in [4.78, 5) is 0. The Kier molecular flexibility index (Phi) is 7.08. The van der Waals surface area contributed by atoms with Gasteiger partial charge in [-0.15, -0.1) is 0 Å². The van der Waals surface area contributed by atoms with E-state index in [9.17, 15) is 0 Å². The minimum atomic E-state index is -2.36. The summed E-state index contributed by atoms with van der Waals surface area (Å²) < 4.78 is 2.45. The van der Waals surface area contributed by atoms with Crippen molar-refractivity contribution in [2.24, 2.45) is 5.92 Å². The van der Waals surface area contributed by atoms with Gasteiger partial charge in [-0.05, 0) is 74.9 Å². The largest absolute Gasteiger partial charge is 0.309 e. The van der Waals surface area contributed by atoms with Gasteiger partial charge in [-0.25, -0.2) is 0 Å². The summed E-state index contributed by atoms with van der Waals surface area (Å²) in [5, 5.41) is 6.94. The van der Waals surface area contributed by atoms with Crippen LogP contribution in [0.1, 0.15) is 19.4 Å². The zero-order chi connectivity index (χ0) is 29.4. The SMILES string of the molecule is CC(C)Cc1ccc2c(c1)c1c(-c3ccccc3[Si](C)(c3ccccc3)c3ccccc3)cccc1n2-c1ccccc1. The van der Waals surface area contributed by atoms with E-state index in [0.29, 0.717) is 5.92 Å². The first-order valence-corrected chi connectivity index (χ1v) is 17.9. The number of rotatable bonds is 7. The lowest BCUT2D eigenvalue weighted by Gasteiger charge is -2.31. The van der Waals surface area contributed by atoms with Gasteiger partial charge in [-0.1, -0.05) is 142 Å². The molecule has 2 heteroatoms. The molecule has 210 valence electrons. The lowest BCUT2D eigenvalue weighted by molar-refractivity contribution is 0.648. The van der Waals surface area contributed by atoms with Gasteiger partial charge in [-0.2, -0.15) is 0 Å². The molecule has 0 aliphatic rings. The average Bonchev–Trinajstić information content (AvgIpc) is 3.39. The molecule has 0 aliphatic carbocycles. The van der Waals surface area contributed by atoms with Crippen LogP contribution in [0.5, 0.6) is 0 Å². The molecular formula is C41H37NSi. The molecule has 7 rings (SSSR count). The normalized spacial score (nSPS) is 11.9. The van der Waals surface area contributed by atoms with Crippen LogP contribution in [0.2, 0.25) is 6.55 Å². The van der Waals surface area contributed by atoms with E-state index < -0.39 is 8.07 Å². The van der Waals surface area contributed by atoms with Crippen LogP contribution in [0.25, 0.3) is 38.6 Å². The van der Waals surface area contributed by atoms with Crippen LogP contribution >= 0.6 is 0 Å². The summed E-state index contributed by atoms with van der Waals surface area (Å²) in [6.45, 7) is 7.13. The van der Waals surface area contributed by atoms with Crippen LogP contribution in [-0.2, 0) is 6.42 Å². The molecule has 43 heavy (non-hydrogen) atoms. The van der Waals surface area contributed by atoms with Gasteiger partial charge < -0.3 is 4.57 Å². The topological polar surface area (TPSA) is 4.93 Å². The first kappa shape index (κ1) is 27.2. The Labute approximate surface area is 256 Å². The molecule has 0 spiro atoms. The van der Waals surface area contributed by atoms with Crippen molar-refractivity contribution in [3.8, 4) is 16.8 Å². The molecule has 0 N–H and O–H groups in total. The third-order valence-electron chi connectivity index (χ3n) is 8.97. The van der Waals surface area contributed by atoms with Crippen LogP contribution in [0.4, 0.5) is 0 Å². The lowest BCUT2D eigenvalue weighted by Crippen LogP contribution is -2.65. The quantitative estimate of drug-likeness (QED) is 0.133. The maximum Gasteiger partial charge on any atom is 0.146 e. The second kappa shape index (κ2) is 11.2. The molecule has 1 nitrogen and oxygen atoms in total. The number of para-hydroxylation sites is 1. The van der Waals surface area contributed by atoms with E-state index in [0.717, 1.165) is 6.42 Å². The Morgan fingerprint density at radius 3 is 1.79 bits per heavy atom. The maximum atomic E-state index is 2.52. The van der Waals surface area contributed by atoms with Crippen molar-refractivity contribution < 1.29 is 0 Å². The highest BCUT2D eigenvalue weighted by Gasteiger charge is 2.36. The lowest BCUT2D eigenvalue weighted by atomic mass is 9.97. The van der Waals surface area contributed by atoms with Crippen molar-refractivity contribution in [1.29, 1.82) is 0 Å². The summed E-state index contributed by atoms with van der Waals surface area (Å²) in [7, 11) is -2.36. The molecule has 0 aliphatic heterocycles. The van der Waals surface area contributed by atoms with Crippen molar-refractivity contribution in [2.45, 2.75) is 26.8 Å². The smallest absolute Gasteiger partial charge is 0.146 e. The average molecular weight is 572 g/mol. The molecule has 0 saturated carbocycles. The number of hydrogen-bond acceptors (Lipinski definition) is 0. The minimum absolute atomic E-state index is 0.601. The second-order valence-electron chi connectivity index (χ2n) is 12.2. The summed E-state index contributed by atoms with van der Waals surface area (Å²) in [5.41, 5.74) is 7.72. The standard InChI is InChI=1S/C41H37NSi/c1-30(2)28-31-26-27-38-37(29-31)41-36(23-15-24-39(41)42(38)32-16-7-4-8-17-32)35-22-13-14-25-40(35)43(3,33-18-9-5-10-19-33)34-20-11-6-12-21-34/h4-27,29-30H,28H2,1-3H3. The van der Waals surface area contributed by atoms with E-state index in [1.54, 1.807) is 0 Å². The zero-order valence-corrected chi connectivity index (χ0v) is 26.2. The summed E-state index contributed by atoms with van der Waals surface area (Å²) in [5.74, 6) is 0.601. The molecular weight excluding hydrogens is 535 g/mol. The van der Waals surface area contributed by atoms with Crippen LogP contribution in [0.15, 0.2) is 152 Å². The Morgan fingerprint density at radius 1 is 0.558 bits per heavy atom. The van der Waals surface area contributed by atoms with Crippen molar-refractivity contribution >= 4 is 45.4 Å². The molecule has 0 amide bonds. The van der Waals surface area contributed by atoms with E-state index in [1.807, 2.05) is 0 Å². The van der Waals surface area contributed by atoms with Gasteiger partial charge in [0, 0.05) is 16.5 Å². The van der Waals surface area contributed by atoms with Gasteiger partial charge in [0.1, 0.15) is 8.07 Å². The van der Waals surface area contributed by atoms with Gasteiger partial charge in [0.15, 0.2) is 0 Å². The molecule has 1 aromatic heterocycles.